The first-order valence-electron chi connectivity index (χ1n) is 10.1. The third-order valence-corrected chi connectivity index (χ3v) is 7.23. The molecule has 2 aliphatic heterocycles. The lowest BCUT2D eigenvalue weighted by Crippen LogP contribution is -2.52. The smallest absolute Gasteiger partial charge is 0.225 e. The molecule has 6 nitrogen and oxygen atoms in total. The number of rotatable bonds is 4. The van der Waals surface area contributed by atoms with Gasteiger partial charge >= 0.3 is 0 Å². The Hall–Kier alpha value is -1.14. The molecule has 2 aliphatic carbocycles. The maximum atomic E-state index is 12.7. The summed E-state index contributed by atoms with van der Waals surface area (Å²) >= 11 is 0. The lowest BCUT2D eigenvalue weighted by atomic mass is 9.75. The average Bonchev–Trinajstić information content (AvgIpc) is 3.37. The Kier molecular flexibility index (Phi) is 4.16. The number of carbonyl (C=O) groups excluding carboxylic acids is 2. The van der Waals surface area contributed by atoms with Gasteiger partial charge in [-0.3, -0.25) is 9.59 Å². The molecule has 6 heteroatoms. The molecule has 0 aromatic rings. The highest BCUT2D eigenvalue weighted by atomic mass is 16.6. The van der Waals surface area contributed by atoms with Crippen LogP contribution in [0.5, 0.6) is 0 Å². The van der Waals surface area contributed by atoms with Crippen LogP contribution >= 0.6 is 0 Å². The Balaban J connectivity index is 1.27. The number of ether oxygens (including phenoxy) is 2. The number of carbonyl (C=O) groups is 2. The van der Waals surface area contributed by atoms with Gasteiger partial charge in [-0.15, -0.1) is 0 Å². The predicted molar refractivity (Wildman–Crippen MR) is 96.1 cm³/mol. The molecule has 8 atom stereocenters. The van der Waals surface area contributed by atoms with Crippen LogP contribution in [0.25, 0.3) is 0 Å². The van der Waals surface area contributed by atoms with Crippen molar-refractivity contribution < 1.29 is 19.1 Å². The lowest BCUT2D eigenvalue weighted by molar-refractivity contribution is -0.130. The van der Waals surface area contributed by atoms with E-state index in [1.54, 1.807) is 0 Å². The average molecular weight is 364 g/mol. The largest absolute Gasteiger partial charge is 0.366 e. The summed E-state index contributed by atoms with van der Waals surface area (Å²) in [6.45, 7) is 10.3. The molecule has 146 valence electrons. The number of hydrogen-bond acceptors (Lipinski definition) is 4. The number of nitrogens with one attached hydrogen (secondary N) is 2. The van der Waals surface area contributed by atoms with Gasteiger partial charge in [0.2, 0.25) is 11.8 Å². The van der Waals surface area contributed by atoms with Crippen molar-refractivity contribution in [2.45, 2.75) is 89.9 Å². The topological polar surface area (TPSA) is 83.3 Å². The molecule has 4 aliphatic rings. The van der Waals surface area contributed by atoms with Crippen molar-refractivity contribution in [2.24, 2.45) is 23.7 Å². The maximum Gasteiger partial charge on any atom is 0.225 e. The summed E-state index contributed by atoms with van der Waals surface area (Å²) in [7, 11) is 0. The number of epoxide rings is 2. The van der Waals surface area contributed by atoms with E-state index in [9.17, 15) is 9.59 Å². The van der Waals surface area contributed by atoms with Gasteiger partial charge in [-0.05, 0) is 58.3 Å². The second kappa shape index (κ2) is 5.93. The van der Waals surface area contributed by atoms with Crippen LogP contribution in [0.4, 0.5) is 0 Å². The molecule has 4 rings (SSSR count). The molecule has 2 amide bonds. The lowest BCUT2D eigenvalue weighted by Gasteiger charge is -2.31. The van der Waals surface area contributed by atoms with Crippen molar-refractivity contribution in [1.29, 1.82) is 0 Å². The third kappa shape index (κ3) is 3.15. The van der Waals surface area contributed by atoms with Crippen molar-refractivity contribution in [2.75, 3.05) is 0 Å². The fourth-order valence-electron chi connectivity index (χ4n) is 5.43. The highest BCUT2D eigenvalue weighted by molar-refractivity contribution is 5.82. The minimum Gasteiger partial charge on any atom is -0.366 e. The van der Waals surface area contributed by atoms with Crippen LogP contribution in [0.1, 0.15) is 60.3 Å². The Bertz CT molecular complexity index is 573. The molecule has 2 saturated heterocycles. The molecule has 0 aromatic heterocycles. The first-order valence-corrected chi connectivity index (χ1v) is 10.1. The molecule has 0 radical (unpaired) electrons. The van der Waals surface area contributed by atoms with E-state index in [1.165, 1.54) is 0 Å². The van der Waals surface area contributed by atoms with Crippen LogP contribution in [0.3, 0.4) is 0 Å². The highest BCUT2D eigenvalue weighted by Gasteiger charge is 2.59. The van der Waals surface area contributed by atoms with Crippen molar-refractivity contribution in [3.8, 4) is 0 Å². The maximum absolute atomic E-state index is 12.7. The molecule has 2 N–H and O–H groups in total. The summed E-state index contributed by atoms with van der Waals surface area (Å²) in [4.78, 5) is 25.3. The quantitative estimate of drug-likeness (QED) is 0.590. The number of hydrogen-bond donors (Lipinski definition) is 2. The molecule has 0 aromatic carbocycles. The van der Waals surface area contributed by atoms with Crippen LogP contribution < -0.4 is 10.6 Å². The fourth-order valence-corrected chi connectivity index (χ4v) is 5.43. The fraction of sp³-hybridized carbons (Fsp3) is 0.900. The minimum absolute atomic E-state index is 0.00741. The van der Waals surface area contributed by atoms with Gasteiger partial charge in [0, 0.05) is 11.8 Å². The van der Waals surface area contributed by atoms with Crippen molar-refractivity contribution in [1.82, 2.24) is 10.6 Å². The predicted octanol–water partition coefficient (Wildman–Crippen LogP) is 1.97. The van der Waals surface area contributed by atoms with E-state index in [4.69, 9.17) is 9.47 Å². The van der Waals surface area contributed by atoms with Crippen molar-refractivity contribution in [3.05, 3.63) is 0 Å². The first kappa shape index (κ1) is 18.2. The van der Waals surface area contributed by atoms with Gasteiger partial charge in [-0.1, -0.05) is 13.8 Å². The summed E-state index contributed by atoms with van der Waals surface area (Å²) in [5, 5.41) is 5.98. The normalized spacial score (nSPS) is 50.0. The monoisotopic (exact) mass is 364 g/mol. The highest BCUT2D eigenvalue weighted by Crippen LogP contribution is 2.52. The molecule has 8 unspecified atom stereocenters. The molecule has 0 spiro atoms. The van der Waals surface area contributed by atoms with Gasteiger partial charge < -0.3 is 20.1 Å². The zero-order valence-electron chi connectivity index (χ0n) is 16.5. The minimum atomic E-state index is -0.365. The second-order valence-corrected chi connectivity index (χ2v) is 9.62. The molecule has 4 fully saturated rings. The molecule has 26 heavy (non-hydrogen) atoms. The van der Waals surface area contributed by atoms with Gasteiger partial charge in [-0.25, -0.2) is 0 Å². The summed E-state index contributed by atoms with van der Waals surface area (Å²) in [5.74, 6) is 0.568. The van der Waals surface area contributed by atoms with Crippen LogP contribution in [-0.2, 0) is 19.1 Å². The zero-order chi connectivity index (χ0) is 18.9. The van der Waals surface area contributed by atoms with Gasteiger partial charge in [0.1, 0.15) is 0 Å². The van der Waals surface area contributed by atoms with Gasteiger partial charge in [0.25, 0.3) is 0 Å². The van der Waals surface area contributed by atoms with E-state index < -0.39 is 0 Å². The number of amides is 2. The van der Waals surface area contributed by atoms with E-state index >= 15 is 0 Å². The van der Waals surface area contributed by atoms with Crippen molar-refractivity contribution in [3.63, 3.8) is 0 Å². The second-order valence-electron chi connectivity index (χ2n) is 9.62. The van der Waals surface area contributed by atoms with E-state index in [2.05, 4.69) is 38.3 Å². The Morgan fingerprint density at radius 1 is 0.885 bits per heavy atom. The summed E-state index contributed by atoms with van der Waals surface area (Å²) < 4.78 is 11.5. The van der Waals surface area contributed by atoms with E-state index in [1.807, 2.05) is 6.92 Å². The van der Waals surface area contributed by atoms with E-state index in [-0.39, 0.29) is 53.2 Å². The number of fused-ring (bicyclic) bond motifs is 2. The van der Waals surface area contributed by atoms with Crippen LogP contribution in [0, 0.1) is 23.7 Å². The third-order valence-electron chi connectivity index (χ3n) is 7.23. The molecule has 2 heterocycles. The van der Waals surface area contributed by atoms with Gasteiger partial charge in [-0.2, -0.15) is 0 Å². The Morgan fingerprint density at radius 3 is 1.65 bits per heavy atom. The Morgan fingerprint density at radius 2 is 1.27 bits per heavy atom. The van der Waals surface area contributed by atoms with Crippen molar-refractivity contribution >= 4 is 11.8 Å². The molecular formula is C20H32N2O4. The van der Waals surface area contributed by atoms with Crippen LogP contribution in [0.15, 0.2) is 0 Å². The SMILES string of the molecule is CC(NC(=O)C1CC2OC2(C)CC1C)NC(=O)C1CC2OC2(C)CC1C. The molecule has 0 bridgehead atoms. The van der Waals surface area contributed by atoms with E-state index in [0.717, 1.165) is 25.7 Å². The summed E-state index contributed by atoms with van der Waals surface area (Å²) in [6, 6.07) is 0. The van der Waals surface area contributed by atoms with Gasteiger partial charge in [0.15, 0.2) is 0 Å². The van der Waals surface area contributed by atoms with Crippen LogP contribution in [0.2, 0.25) is 0 Å². The molecule has 2 saturated carbocycles. The zero-order valence-corrected chi connectivity index (χ0v) is 16.5. The molecular weight excluding hydrogens is 332 g/mol. The first-order chi connectivity index (χ1) is 12.1. The van der Waals surface area contributed by atoms with E-state index in [0.29, 0.717) is 11.8 Å². The summed E-state index contributed by atoms with van der Waals surface area (Å²) in [6.07, 6.45) is 3.48. The van der Waals surface area contributed by atoms with Crippen LogP contribution in [-0.4, -0.2) is 41.4 Å². The standard InChI is InChI=1S/C20H32N2O4/c1-10-8-19(4)15(25-19)6-13(10)17(23)21-12(3)22-18(24)14-7-16-20(5,26-16)9-11(14)2/h10-16H,6-9H2,1-5H3,(H,21,23)(H,22,24). The van der Waals surface area contributed by atoms with Gasteiger partial charge in [0.05, 0.1) is 29.6 Å². The summed E-state index contributed by atoms with van der Waals surface area (Å²) in [5.41, 5.74) is -0.0148. The Labute approximate surface area is 155 Å².